The summed E-state index contributed by atoms with van der Waals surface area (Å²) in [6, 6.07) is 0. The number of nitrogens with zero attached hydrogens (tertiary/aromatic N) is 1. The third-order valence-electron chi connectivity index (χ3n) is 2.20. The van der Waals surface area contributed by atoms with Crippen LogP contribution in [0.1, 0.15) is 22.4 Å². The summed E-state index contributed by atoms with van der Waals surface area (Å²) in [7, 11) is 0. The summed E-state index contributed by atoms with van der Waals surface area (Å²) in [6.45, 7) is -0.675. The number of imidazole rings is 1. The third-order valence-corrected chi connectivity index (χ3v) is 2.90. The number of nitrogens with one attached hydrogen (secondary N) is 1. The van der Waals surface area contributed by atoms with Crippen molar-refractivity contribution < 1.29 is 25.2 Å². The van der Waals surface area contributed by atoms with Gasteiger partial charge in [-0.15, -0.1) is 0 Å². The average Bonchev–Trinajstić information content (AvgIpc) is 2.84. The number of rotatable bonds is 6. The van der Waals surface area contributed by atoms with Crippen molar-refractivity contribution in [3.05, 3.63) is 17.7 Å². The standard InChI is InChI=1S/C9H13IN2O5/c10-1-5(14)9-11-2-4(12-9)7(16)8(17)6(15)3-13/h2,6-8,13,15-17H,1,3H2,(H,11,12)/t6-,7-,8-/m1/s1. The molecular formula is C9H13IN2O5. The molecule has 1 heterocycles. The summed E-state index contributed by atoms with van der Waals surface area (Å²) < 4.78 is 0.239. The summed E-state index contributed by atoms with van der Waals surface area (Å²) in [6.07, 6.45) is -3.25. The number of carbonyl (C=O) groups excluding carboxylic acids is 1. The number of aromatic amines is 1. The van der Waals surface area contributed by atoms with Gasteiger partial charge in [0.1, 0.15) is 18.3 Å². The fraction of sp³-hybridized carbons (Fsp3) is 0.556. The number of halogens is 1. The first-order valence-electron chi connectivity index (χ1n) is 4.80. The van der Waals surface area contributed by atoms with Crippen LogP contribution in [0.15, 0.2) is 6.20 Å². The summed E-state index contributed by atoms with van der Waals surface area (Å²) in [5.41, 5.74) is 0.109. The first-order chi connectivity index (χ1) is 8.01. The van der Waals surface area contributed by atoms with Crippen LogP contribution in [-0.4, -0.2) is 59.4 Å². The summed E-state index contributed by atoms with van der Waals surface area (Å²) in [5, 5.41) is 36.9. The molecule has 1 rings (SSSR count). The second-order valence-corrected chi connectivity index (χ2v) is 4.19. The number of aromatic nitrogens is 2. The molecule has 96 valence electrons. The highest BCUT2D eigenvalue weighted by atomic mass is 127. The van der Waals surface area contributed by atoms with Crippen molar-refractivity contribution in [1.82, 2.24) is 9.97 Å². The van der Waals surface area contributed by atoms with Gasteiger partial charge in [0.2, 0.25) is 5.78 Å². The summed E-state index contributed by atoms with van der Waals surface area (Å²) in [4.78, 5) is 17.6. The Morgan fingerprint density at radius 3 is 2.65 bits per heavy atom. The molecule has 0 radical (unpaired) electrons. The van der Waals surface area contributed by atoms with Gasteiger partial charge in [-0.3, -0.25) is 4.79 Å². The van der Waals surface area contributed by atoms with Crippen molar-refractivity contribution in [3.8, 4) is 0 Å². The molecule has 1 aromatic heterocycles. The first kappa shape index (κ1) is 14.5. The molecule has 17 heavy (non-hydrogen) atoms. The summed E-state index contributed by atoms with van der Waals surface area (Å²) in [5.74, 6) is -0.152. The van der Waals surface area contributed by atoms with Gasteiger partial charge in [0.05, 0.1) is 22.9 Å². The topological polar surface area (TPSA) is 127 Å². The minimum atomic E-state index is -1.55. The quantitative estimate of drug-likeness (QED) is 0.247. The fourth-order valence-corrected chi connectivity index (χ4v) is 1.55. The Balaban J connectivity index is 2.79. The van der Waals surface area contributed by atoms with Gasteiger partial charge in [0.25, 0.3) is 0 Å². The number of Topliss-reactive ketones (excluding diaryl/α,β-unsaturated/α-hetero) is 1. The van der Waals surface area contributed by atoms with Crippen LogP contribution in [0.4, 0.5) is 0 Å². The van der Waals surface area contributed by atoms with Gasteiger partial charge < -0.3 is 25.4 Å². The Hall–Kier alpha value is -0.550. The molecule has 0 fully saturated rings. The Bertz CT molecular complexity index is 383. The van der Waals surface area contributed by atoms with Crippen LogP contribution in [0.3, 0.4) is 0 Å². The zero-order valence-electron chi connectivity index (χ0n) is 8.75. The number of hydrogen-bond acceptors (Lipinski definition) is 6. The molecule has 0 aliphatic carbocycles. The normalized spacial score (nSPS) is 16.5. The summed E-state index contributed by atoms with van der Waals surface area (Å²) >= 11 is 1.88. The molecule has 0 saturated heterocycles. The van der Waals surface area contributed by atoms with E-state index < -0.39 is 24.9 Å². The molecule has 5 N–H and O–H groups in total. The van der Waals surface area contributed by atoms with Crippen molar-refractivity contribution in [2.45, 2.75) is 18.3 Å². The van der Waals surface area contributed by atoms with Crippen LogP contribution in [0.2, 0.25) is 0 Å². The van der Waals surface area contributed by atoms with Crippen LogP contribution in [-0.2, 0) is 0 Å². The zero-order valence-corrected chi connectivity index (χ0v) is 10.9. The molecule has 7 nitrogen and oxygen atoms in total. The second kappa shape index (κ2) is 6.40. The van der Waals surface area contributed by atoms with Crippen LogP contribution < -0.4 is 0 Å². The number of aliphatic hydroxyl groups is 4. The lowest BCUT2D eigenvalue weighted by Crippen LogP contribution is -2.34. The molecule has 0 aliphatic rings. The molecule has 8 heteroatoms. The first-order valence-corrected chi connectivity index (χ1v) is 6.33. The van der Waals surface area contributed by atoms with Gasteiger partial charge in [-0.25, -0.2) is 4.98 Å². The van der Waals surface area contributed by atoms with E-state index in [1.807, 2.05) is 22.6 Å². The maximum absolute atomic E-state index is 11.3. The minimum Gasteiger partial charge on any atom is -0.394 e. The Labute approximate surface area is 111 Å². The number of hydrogen-bond donors (Lipinski definition) is 5. The van der Waals surface area contributed by atoms with E-state index in [1.165, 1.54) is 6.20 Å². The van der Waals surface area contributed by atoms with E-state index in [1.54, 1.807) is 0 Å². The smallest absolute Gasteiger partial charge is 0.207 e. The van der Waals surface area contributed by atoms with Crippen molar-refractivity contribution in [3.63, 3.8) is 0 Å². The molecule has 1 aromatic rings. The molecular weight excluding hydrogens is 343 g/mol. The van der Waals surface area contributed by atoms with Crippen LogP contribution in [0.5, 0.6) is 0 Å². The van der Waals surface area contributed by atoms with Gasteiger partial charge in [-0.05, 0) is 0 Å². The molecule has 0 unspecified atom stereocenters. The average molecular weight is 356 g/mol. The van der Waals surface area contributed by atoms with E-state index in [0.717, 1.165) is 0 Å². The lowest BCUT2D eigenvalue weighted by molar-refractivity contribution is -0.0788. The van der Waals surface area contributed by atoms with E-state index in [4.69, 9.17) is 10.2 Å². The van der Waals surface area contributed by atoms with Gasteiger partial charge in [-0.1, -0.05) is 22.6 Å². The van der Waals surface area contributed by atoms with Gasteiger partial charge >= 0.3 is 0 Å². The Kier molecular flexibility index (Phi) is 5.46. The molecule has 3 atom stereocenters. The lowest BCUT2D eigenvalue weighted by Gasteiger charge is -2.20. The van der Waals surface area contributed by atoms with E-state index in [2.05, 4.69) is 9.97 Å². The molecule has 0 spiro atoms. The van der Waals surface area contributed by atoms with Crippen molar-refractivity contribution in [1.29, 1.82) is 0 Å². The number of alkyl halides is 1. The van der Waals surface area contributed by atoms with Crippen molar-refractivity contribution >= 4 is 28.4 Å². The monoisotopic (exact) mass is 356 g/mol. The number of ketones is 1. The molecule has 0 amide bonds. The maximum atomic E-state index is 11.3. The molecule has 0 aromatic carbocycles. The third kappa shape index (κ3) is 3.45. The fourth-order valence-electron chi connectivity index (χ4n) is 1.19. The van der Waals surface area contributed by atoms with Gasteiger partial charge in [-0.2, -0.15) is 0 Å². The lowest BCUT2D eigenvalue weighted by atomic mass is 10.1. The number of carbonyl (C=O) groups is 1. The highest BCUT2D eigenvalue weighted by Crippen LogP contribution is 2.17. The minimum absolute atomic E-state index is 0.0825. The van der Waals surface area contributed by atoms with Gasteiger partial charge in [0, 0.05) is 0 Å². The SMILES string of the molecule is O=C(CI)c1ncc([C@@H](O)[C@H](O)[C@H](O)CO)[nH]1. The van der Waals surface area contributed by atoms with E-state index in [-0.39, 0.29) is 21.7 Å². The second-order valence-electron chi connectivity index (χ2n) is 3.43. The Morgan fingerprint density at radius 2 is 2.12 bits per heavy atom. The largest absolute Gasteiger partial charge is 0.394 e. The van der Waals surface area contributed by atoms with Gasteiger partial charge in [0.15, 0.2) is 5.82 Å². The van der Waals surface area contributed by atoms with Crippen LogP contribution in [0.25, 0.3) is 0 Å². The maximum Gasteiger partial charge on any atom is 0.207 e. The van der Waals surface area contributed by atoms with E-state index >= 15 is 0 Å². The van der Waals surface area contributed by atoms with Crippen molar-refractivity contribution in [2.75, 3.05) is 11.0 Å². The van der Waals surface area contributed by atoms with Crippen LogP contribution >= 0.6 is 22.6 Å². The predicted octanol–water partition coefficient (Wildman–Crippen LogP) is -1.23. The van der Waals surface area contributed by atoms with Crippen molar-refractivity contribution in [2.24, 2.45) is 0 Å². The number of aliphatic hydroxyl groups excluding tert-OH is 4. The molecule has 0 bridgehead atoms. The Morgan fingerprint density at radius 1 is 1.47 bits per heavy atom. The molecule has 0 saturated carbocycles. The highest BCUT2D eigenvalue weighted by molar-refractivity contribution is 14.1. The van der Waals surface area contributed by atoms with E-state index in [0.29, 0.717) is 0 Å². The van der Waals surface area contributed by atoms with E-state index in [9.17, 15) is 15.0 Å². The number of H-pyrrole nitrogens is 1. The predicted molar refractivity (Wildman–Crippen MR) is 65.9 cm³/mol. The molecule has 0 aliphatic heterocycles. The highest BCUT2D eigenvalue weighted by Gasteiger charge is 2.27. The zero-order chi connectivity index (χ0) is 13.0. The van der Waals surface area contributed by atoms with Crippen LogP contribution in [0, 0.1) is 0 Å².